The number of pyridine rings is 1. The number of carbonyl (C=O) groups is 1. The highest BCUT2D eigenvalue weighted by Crippen LogP contribution is 2.35. The second-order valence-electron chi connectivity index (χ2n) is 5.39. The van der Waals surface area contributed by atoms with E-state index in [1.807, 2.05) is 31.3 Å². The number of carbonyl (C=O) groups excluding carboxylic acids is 1. The molecule has 2 nitrogen and oxygen atoms in total. The molecule has 0 N–H and O–H groups in total. The van der Waals surface area contributed by atoms with Gasteiger partial charge in [0.1, 0.15) is 0 Å². The van der Waals surface area contributed by atoms with E-state index in [0.717, 1.165) is 18.4 Å². The summed E-state index contributed by atoms with van der Waals surface area (Å²) in [5.41, 5.74) is 4.68. The average molecular weight is 265 g/mol. The van der Waals surface area contributed by atoms with Gasteiger partial charge in [-0.05, 0) is 36.5 Å². The van der Waals surface area contributed by atoms with Crippen LogP contribution in [0.2, 0.25) is 0 Å². The van der Waals surface area contributed by atoms with E-state index in [1.54, 1.807) is 0 Å². The third-order valence-corrected chi connectivity index (χ3v) is 4.15. The number of aryl methyl sites for hydroxylation is 1. The van der Waals surface area contributed by atoms with Gasteiger partial charge >= 0.3 is 0 Å². The maximum Gasteiger partial charge on any atom is 0.162 e. The first-order valence-electron chi connectivity index (χ1n) is 7.36. The summed E-state index contributed by atoms with van der Waals surface area (Å²) < 4.78 is 0. The van der Waals surface area contributed by atoms with Gasteiger partial charge in [-0.2, -0.15) is 0 Å². The monoisotopic (exact) mass is 265 g/mol. The number of benzene rings is 1. The van der Waals surface area contributed by atoms with Crippen LogP contribution in [0.5, 0.6) is 0 Å². The molecule has 0 amide bonds. The summed E-state index contributed by atoms with van der Waals surface area (Å²) in [7, 11) is 0. The molecule has 1 atom stereocenters. The predicted octanol–water partition coefficient (Wildman–Crippen LogP) is 4.14. The molecule has 0 saturated heterocycles. The van der Waals surface area contributed by atoms with Crippen molar-refractivity contribution in [3.8, 4) is 0 Å². The summed E-state index contributed by atoms with van der Waals surface area (Å²) in [5.74, 6) is 0.587. The van der Waals surface area contributed by atoms with Crippen molar-refractivity contribution in [2.75, 3.05) is 0 Å². The largest absolute Gasteiger partial charge is 0.294 e. The van der Waals surface area contributed by atoms with Crippen LogP contribution in [0.4, 0.5) is 0 Å². The molecule has 102 valence electrons. The molecule has 20 heavy (non-hydrogen) atoms. The van der Waals surface area contributed by atoms with Crippen LogP contribution in [0.1, 0.15) is 59.3 Å². The first-order valence-corrected chi connectivity index (χ1v) is 7.36. The van der Waals surface area contributed by atoms with Gasteiger partial charge in [-0.3, -0.25) is 9.78 Å². The van der Waals surface area contributed by atoms with E-state index in [-0.39, 0.29) is 5.78 Å². The minimum Gasteiger partial charge on any atom is -0.294 e. The van der Waals surface area contributed by atoms with Crippen LogP contribution in [0, 0.1) is 0 Å². The Morgan fingerprint density at radius 1 is 1.25 bits per heavy atom. The molecule has 1 aliphatic carbocycles. The SMILES string of the molecule is CCC(=O)c1ccc(C2CCCc3cccnc32)cc1. The van der Waals surface area contributed by atoms with Gasteiger partial charge in [-0.15, -0.1) is 0 Å². The zero-order chi connectivity index (χ0) is 13.9. The minimum absolute atomic E-state index is 0.207. The molecule has 1 unspecified atom stereocenters. The normalized spacial score (nSPS) is 17.6. The van der Waals surface area contributed by atoms with Crippen molar-refractivity contribution in [2.24, 2.45) is 0 Å². The molecule has 1 aromatic heterocycles. The molecule has 1 heterocycles. The lowest BCUT2D eigenvalue weighted by molar-refractivity contribution is 0.0988. The molecule has 0 bridgehead atoms. The lowest BCUT2D eigenvalue weighted by Gasteiger charge is -2.24. The quantitative estimate of drug-likeness (QED) is 0.781. The highest BCUT2D eigenvalue weighted by Gasteiger charge is 2.22. The van der Waals surface area contributed by atoms with Gasteiger partial charge < -0.3 is 0 Å². The van der Waals surface area contributed by atoms with Crippen molar-refractivity contribution in [3.05, 3.63) is 65.0 Å². The predicted molar refractivity (Wildman–Crippen MR) is 80.1 cm³/mol. The number of hydrogen-bond donors (Lipinski definition) is 0. The summed E-state index contributed by atoms with van der Waals surface area (Å²) >= 11 is 0. The van der Waals surface area contributed by atoms with Gasteiger partial charge in [0.15, 0.2) is 5.78 Å². The summed E-state index contributed by atoms with van der Waals surface area (Å²) in [6.45, 7) is 1.90. The van der Waals surface area contributed by atoms with Crippen LogP contribution in [0.15, 0.2) is 42.6 Å². The summed E-state index contributed by atoms with van der Waals surface area (Å²) in [6.07, 6.45) is 5.93. The van der Waals surface area contributed by atoms with Gasteiger partial charge in [0.25, 0.3) is 0 Å². The lowest BCUT2D eigenvalue weighted by atomic mass is 9.82. The molecule has 0 aliphatic heterocycles. The Balaban J connectivity index is 1.92. The van der Waals surface area contributed by atoms with E-state index in [0.29, 0.717) is 12.3 Å². The number of aromatic nitrogens is 1. The van der Waals surface area contributed by atoms with Crippen molar-refractivity contribution in [2.45, 2.75) is 38.5 Å². The molecular formula is C18H19NO. The van der Waals surface area contributed by atoms with Gasteiger partial charge in [0, 0.05) is 24.1 Å². The van der Waals surface area contributed by atoms with Crippen LogP contribution in [-0.4, -0.2) is 10.8 Å². The third-order valence-electron chi connectivity index (χ3n) is 4.15. The first-order chi connectivity index (χ1) is 9.79. The van der Waals surface area contributed by atoms with Crippen LogP contribution in [-0.2, 0) is 6.42 Å². The lowest BCUT2D eigenvalue weighted by Crippen LogP contribution is -2.13. The Hall–Kier alpha value is -1.96. The van der Waals surface area contributed by atoms with Crippen molar-refractivity contribution >= 4 is 5.78 Å². The highest BCUT2D eigenvalue weighted by atomic mass is 16.1. The van der Waals surface area contributed by atoms with Crippen molar-refractivity contribution in [3.63, 3.8) is 0 Å². The molecule has 1 aromatic carbocycles. The van der Waals surface area contributed by atoms with Crippen LogP contribution in [0.3, 0.4) is 0 Å². The molecule has 2 heteroatoms. The fourth-order valence-electron chi connectivity index (χ4n) is 3.04. The van der Waals surface area contributed by atoms with Crippen LogP contribution >= 0.6 is 0 Å². The second-order valence-corrected chi connectivity index (χ2v) is 5.39. The Labute approximate surface area is 119 Å². The molecule has 1 aliphatic rings. The number of nitrogens with zero attached hydrogens (tertiary/aromatic N) is 1. The van der Waals surface area contributed by atoms with E-state index >= 15 is 0 Å². The minimum atomic E-state index is 0.207. The number of Topliss-reactive ketones (excluding diaryl/α,β-unsaturated/α-hetero) is 1. The van der Waals surface area contributed by atoms with Gasteiger partial charge in [0.2, 0.25) is 0 Å². The number of rotatable bonds is 3. The maximum atomic E-state index is 11.7. The zero-order valence-electron chi connectivity index (χ0n) is 11.8. The van der Waals surface area contributed by atoms with E-state index < -0.39 is 0 Å². The maximum absolute atomic E-state index is 11.7. The third kappa shape index (κ3) is 2.38. The number of ketones is 1. The molecule has 0 radical (unpaired) electrons. The van der Waals surface area contributed by atoms with Crippen LogP contribution < -0.4 is 0 Å². The summed E-state index contributed by atoms with van der Waals surface area (Å²) in [6, 6.07) is 12.3. The Bertz CT molecular complexity index is 616. The summed E-state index contributed by atoms with van der Waals surface area (Å²) in [5, 5.41) is 0. The average Bonchev–Trinajstić information content (AvgIpc) is 2.54. The van der Waals surface area contributed by atoms with Gasteiger partial charge in [-0.1, -0.05) is 37.3 Å². The smallest absolute Gasteiger partial charge is 0.162 e. The van der Waals surface area contributed by atoms with Gasteiger partial charge in [-0.25, -0.2) is 0 Å². The molecule has 0 spiro atoms. The van der Waals surface area contributed by atoms with E-state index in [1.165, 1.54) is 23.2 Å². The summed E-state index contributed by atoms with van der Waals surface area (Å²) in [4.78, 5) is 16.3. The fraction of sp³-hybridized carbons (Fsp3) is 0.333. The number of fused-ring (bicyclic) bond motifs is 1. The number of hydrogen-bond acceptors (Lipinski definition) is 2. The van der Waals surface area contributed by atoms with E-state index in [9.17, 15) is 4.79 Å². The van der Waals surface area contributed by atoms with Gasteiger partial charge in [0.05, 0.1) is 5.69 Å². The van der Waals surface area contributed by atoms with Crippen molar-refractivity contribution in [1.82, 2.24) is 4.98 Å². The molecule has 0 saturated carbocycles. The van der Waals surface area contributed by atoms with Crippen molar-refractivity contribution < 1.29 is 4.79 Å². The van der Waals surface area contributed by atoms with E-state index in [2.05, 4.69) is 23.2 Å². The topological polar surface area (TPSA) is 30.0 Å². The second kappa shape index (κ2) is 5.58. The molecular weight excluding hydrogens is 246 g/mol. The van der Waals surface area contributed by atoms with E-state index in [4.69, 9.17) is 0 Å². The Kier molecular flexibility index (Phi) is 3.64. The Morgan fingerprint density at radius 3 is 2.80 bits per heavy atom. The first kappa shape index (κ1) is 13.0. The van der Waals surface area contributed by atoms with Crippen molar-refractivity contribution in [1.29, 1.82) is 0 Å². The molecule has 3 rings (SSSR count). The Morgan fingerprint density at radius 2 is 2.05 bits per heavy atom. The highest BCUT2D eigenvalue weighted by molar-refractivity contribution is 5.95. The molecule has 2 aromatic rings. The standard InChI is InChI=1S/C18H19NO/c1-2-17(20)14-10-8-13(9-11-14)16-7-3-5-15-6-4-12-19-18(15)16/h4,6,8-12,16H,2-3,5,7H2,1H3. The van der Waals surface area contributed by atoms with Crippen LogP contribution in [0.25, 0.3) is 0 Å². The fourth-order valence-corrected chi connectivity index (χ4v) is 3.04. The molecule has 0 fully saturated rings. The zero-order valence-corrected chi connectivity index (χ0v) is 11.8.